The van der Waals surface area contributed by atoms with E-state index in [2.05, 4.69) is 39.1 Å². The van der Waals surface area contributed by atoms with Crippen LogP contribution in [0.4, 0.5) is 19.1 Å². The second-order valence-corrected chi connectivity index (χ2v) is 8.25. The largest absolute Gasteiger partial charge is 0.507 e. The standard InChI is InChI=1S/C21H25F3N6O/c1-12(2)29-7-4-5-15(11-29)25-19-27-20-26-16(6-8-30(20)28-19)18-13(3)9-14(10-17(18)31)21(22,23)24/h6,8-10,12,15,31H,4-5,7,11H2,1-3H3,(H,25,28)/t15-/m1/s1. The van der Waals surface area contributed by atoms with Gasteiger partial charge in [-0.1, -0.05) is 0 Å². The van der Waals surface area contributed by atoms with Crippen LogP contribution in [0.5, 0.6) is 5.75 Å². The number of nitrogens with zero attached hydrogens (tertiary/aromatic N) is 5. The number of hydrogen-bond donors (Lipinski definition) is 2. The summed E-state index contributed by atoms with van der Waals surface area (Å²) in [4.78, 5) is 11.2. The summed E-state index contributed by atoms with van der Waals surface area (Å²) in [6.07, 6.45) is -0.780. The van der Waals surface area contributed by atoms with E-state index in [4.69, 9.17) is 0 Å². The van der Waals surface area contributed by atoms with Crippen molar-refractivity contribution in [1.82, 2.24) is 24.5 Å². The molecule has 0 amide bonds. The Bertz CT molecular complexity index is 1070. The number of hydrogen-bond acceptors (Lipinski definition) is 6. The molecule has 1 aliphatic heterocycles. The highest BCUT2D eigenvalue weighted by molar-refractivity contribution is 5.72. The van der Waals surface area contributed by atoms with Crippen LogP contribution < -0.4 is 5.32 Å². The van der Waals surface area contributed by atoms with Gasteiger partial charge in [-0.25, -0.2) is 9.50 Å². The molecule has 166 valence electrons. The van der Waals surface area contributed by atoms with E-state index < -0.39 is 17.5 Å². The average Bonchev–Trinajstić information content (AvgIpc) is 3.08. The number of halogens is 3. The monoisotopic (exact) mass is 434 g/mol. The summed E-state index contributed by atoms with van der Waals surface area (Å²) >= 11 is 0. The van der Waals surface area contributed by atoms with Crippen molar-refractivity contribution in [3.8, 4) is 17.0 Å². The molecule has 0 radical (unpaired) electrons. The van der Waals surface area contributed by atoms with Crippen molar-refractivity contribution in [3.63, 3.8) is 0 Å². The van der Waals surface area contributed by atoms with Crippen LogP contribution in [0.15, 0.2) is 24.4 Å². The fourth-order valence-electron chi connectivity index (χ4n) is 4.02. The van der Waals surface area contributed by atoms with Crippen molar-refractivity contribution in [3.05, 3.63) is 35.5 Å². The Hall–Kier alpha value is -2.88. The van der Waals surface area contributed by atoms with Gasteiger partial charge >= 0.3 is 6.18 Å². The number of fused-ring (bicyclic) bond motifs is 1. The van der Waals surface area contributed by atoms with E-state index in [1.807, 2.05) is 0 Å². The van der Waals surface area contributed by atoms with Crippen molar-refractivity contribution in [2.24, 2.45) is 0 Å². The Labute approximate surface area is 177 Å². The lowest BCUT2D eigenvalue weighted by Crippen LogP contribution is -2.45. The zero-order valence-corrected chi connectivity index (χ0v) is 17.6. The number of aromatic nitrogens is 4. The molecular weight excluding hydrogens is 409 g/mol. The van der Waals surface area contributed by atoms with Gasteiger partial charge in [-0.15, -0.1) is 5.10 Å². The molecule has 4 rings (SSSR count). The highest BCUT2D eigenvalue weighted by Crippen LogP contribution is 2.38. The second-order valence-electron chi connectivity index (χ2n) is 8.25. The van der Waals surface area contributed by atoms with Crippen LogP contribution in [0.2, 0.25) is 0 Å². The zero-order valence-electron chi connectivity index (χ0n) is 17.6. The lowest BCUT2D eigenvalue weighted by atomic mass is 10.0. The third-order valence-electron chi connectivity index (χ3n) is 5.62. The van der Waals surface area contributed by atoms with Crippen LogP contribution in [-0.4, -0.2) is 54.8 Å². The van der Waals surface area contributed by atoms with Crippen LogP contribution >= 0.6 is 0 Å². The summed E-state index contributed by atoms with van der Waals surface area (Å²) in [5.74, 6) is 0.280. The maximum atomic E-state index is 13.0. The lowest BCUT2D eigenvalue weighted by Gasteiger charge is -2.35. The predicted octanol–water partition coefficient (Wildman–Crippen LogP) is 4.11. The van der Waals surface area contributed by atoms with Gasteiger partial charge in [0.15, 0.2) is 0 Å². The number of anilines is 1. The molecule has 3 heterocycles. The first-order valence-corrected chi connectivity index (χ1v) is 10.3. The maximum Gasteiger partial charge on any atom is 0.416 e. The highest BCUT2D eigenvalue weighted by Gasteiger charge is 2.32. The molecule has 31 heavy (non-hydrogen) atoms. The van der Waals surface area contributed by atoms with Crippen LogP contribution in [0, 0.1) is 6.92 Å². The van der Waals surface area contributed by atoms with Gasteiger partial charge in [-0.05, 0) is 63.9 Å². The Morgan fingerprint density at radius 1 is 1.23 bits per heavy atom. The van der Waals surface area contributed by atoms with E-state index in [0.717, 1.165) is 32.0 Å². The van der Waals surface area contributed by atoms with E-state index in [1.54, 1.807) is 12.3 Å². The first kappa shape index (κ1) is 21.4. The van der Waals surface area contributed by atoms with Crippen molar-refractivity contribution in [2.75, 3.05) is 18.4 Å². The third kappa shape index (κ3) is 4.43. The van der Waals surface area contributed by atoms with Gasteiger partial charge in [0.2, 0.25) is 5.95 Å². The summed E-state index contributed by atoms with van der Waals surface area (Å²) in [5, 5.41) is 18.0. The highest BCUT2D eigenvalue weighted by atomic mass is 19.4. The molecular formula is C21H25F3N6O. The minimum absolute atomic E-state index is 0.231. The molecule has 0 aliphatic carbocycles. The van der Waals surface area contributed by atoms with Gasteiger partial charge in [-0.2, -0.15) is 18.2 Å². The first-order chi connectivity index (χ1) is 14.6. The summed E-state index contributed by atoms with van der Waals surface area (Å²) in [6.45, 7) is 7.85. The van der Waals surface area contributed by atoms with Gasteiger partial charge < -0.3 is 10.4 Å². The Morgan fingerprint density at radius 3 is 2.68 bits per heavy atom. The van der Waals surface area contributed by atoms with Gasteiger partial charge in [0, 0.05) is 30.4 Å². The molecule has 2 aromatic heterocycles. The number of nitrogens with one attached hydrogen (secondary N) is 1. The quantitative estimate of drug-likeness (QED) is 0.644. The minimum Gasteiger partial charge on any atom is -0.507 e. The van der Waals surface area contributed by atoms with Gasteiger partial charge in [-0.3, -0.25) is 4.90 Å². The minimum atomic E-state index is -4.53. The van der Waals surface area contributed by atoms with E-state index in [0.29, 0.717) is 29.5 Å². The molecule has 7 nitrogen and oxygen atoms in total. The smallest absolute Gasteiger partial charge is 0.416 e. The number of aromatic hydroxyl groups is 1. The molecule has 2 N–H and O–H groups in total. The molecule has 1 aromatic carbocycles. The number of piperidine rings is 1. The third-order valence-corrected chi connectivity index (χ3v) is 5.62. The lowest BCUT2D eigenvalue weighted by molar-refractivity contribution is -0.137. The number of likely N-dealkylation sites (tertiary alicyclic amines) is 1. The van der Waals surface area contributed by atoms with Gasteiger partial charge in [0.25, 0.3) is 5.78 Å². The van der Waals surface area contributed by atoms with E-state index >= 15 is 0 Å². The molecule has 0 unspecified atom stereocenters. The molecule has 0 saturated carbocycles. The summed E-state index contributed by atoms with van der Waals surface area (Å²) in [6, 6.07) is 4.02. The van der Waals surface area contributed by atoms with Crippen molar-refractivity contribution in [2.45, 2.75) is 51.9 Å². The molecule has 1 fully saturated rings. The number of phenols is 1. The SMILES string of the molecule is Cc1cc(C(F)(F)F)cc(O)c1-c1ccn2nc(N[C@@H]3CCCN(C(C)C)C3)nc2n1. The summed E-state index contributed by atoms with van der Waals surface area (Å²) < 4.78 is 40.5. The number of phenolic OH excluding ortho intramolecular Hbond substituents is 1. The molecule has 1 saturated heterocycles. The number of aryl methyl sites for hydroxylation is 1. The van der Waals surface area contributed by atoms with Crippen LogP contribution in [0.25, 0.3) is 17.0 Å². The molecule has 10 heteroatoms. The topological polar surface area (TPSA) is 78.6 Å². The number of alkyl halides is 3. The van der Waals surface area contributed by atoms with E-state index in [9.17, 15) is 18.3 Å². The maximum absolute atomic E-state index is 13.0. The fraction of sp³-hybridized carbons (Fsp3) is 0.476. The van der Waals surface area contributed by atoms with Gasteiger partial charge in [0.1, 0.15) is 5.75 Å². The number of rotatable bonds is 4. The van der Waals surface area contributed by atoms with E-state index in [-0.39, 0.29) is 17.2 Å². The average molecular weight is 434 g/mol. The summed E-state index contributed by atoms with van der Waals surface area (Å²) in [7, 11) is 0. The van der Waals surface area contributed by atoms with Gasteiger partial charge in [0.05, 0.1) is 11.3 Å². The second kappa shape index (κ2) is 7.99. The molecule has 0 bridgehead atoms. The van der Waals surface area contributed by atoms with Crippen LogP contribution in [0.3, 0.4) is 0 Å². The Morgan fingerprint density at radius 2 is 2.00 bits per heavy atom. The fourth-order valence-corrected chi connectivity index (χ4v) is 4.02. The summed E-state index contributed by atoms with van der Waals surface area (Å²) in [5.41, 5.74) is -0.0473. The van der Waals surface area contributed by atoms with Crippen molar-refractivity contribution >= 4 is 11.7 Å². The molecule has 0 spiro atoms. The van der Waals surface area contributed by atoms with E-state index in [1.165, 1.54) is 11.4 Å². The molecule has 1 aliphatic rings. The number of benzene rings is 1. The Balaban J connectivity index is 1.60. The first-order valence-electron chi connectivity index (χ1n) is 10.3. The van der Waals surface area contributed by atoms with Crippen molar-refractivity contribution < 1.29 is 18.3 Å². The normalized spacial score (nSPS) is 18.1. The van der Waals surface area contributed by atoms with Crippen LogP contribution in [-0.2, 0) is 6.18 Å². The van der Waals surface area contributed by atoms with Crippen LogP contribution in [0.1, 0.15) is 37.8 Å². The molecule has 3 aromatic rings. The zero-order chi connectivity index (χ0) is 22.3. The Kier molecular flexibility index (Phi) is 5.50. The van der Waals surface area contributed by atoms with Crippen molar-refractivity contribution in [1.29, 1.82) is 0 Å². The predicted molar refractivity (Wildman–Crippen MR) is 111 cm³/mol. The molecule has 1 atom stereocenters.